The first-order valence-electron chi connectivity index (χ1n) is 12.0. The van der Waals surface area contributed by atoms with Gasteiger partial charge < -0.3 is 15.1 Å². The number of likely N-dealkylation sites (tertiary alicyclic amines) is 1. The fourth-order valence-corrected chi connectivity index (χ4v) is 5.45. The topological polar surface area (TPSA) is 95.0 Å². The first-order chi connectivity index (χ1) is 17.0. The number of alkyl halides is 4. The van der Waals surface area contributed by atoms with E-state index in [9.17, 15) is 22.4 Å². The maximum Gasteiger partial charge on any atom is 0.408 e. The highest BCUT2D eigenvalue weighted by Gasteiger charge is 2.51. The average Bonchev–Trinajstić information content (AvgIpc) is 3.24. The third-order valence-electron chi connectivity index (χ3n) is 7.34. The molecule has 200 valence electrons. The monoisotopic (exact) mass is 522 g/mol. The van der Waals surface area contributed by atoms with Gasteiger partial charge in [-0.15, -0.1) is 0 Å². The van der Waals surface area contributed by atoms with Crippen molar-refractivity contribution in [1.82, 2.24) is 29.9 Å². The number of carbonyl (C=O) groups excluding carboxylic acids is 1. The number of H-pyrrole nitrogens is 1. The number of pyridine rings is 1. The summed E-state index contributed by atoms with van der Waals surface area (Å²) in [4.78, 5) is 21.0. The van der Waals surface area contributed by atoms with Gasteiger partial charge in [-0.3, -0.25) is 14.8 Å². The van der Waals surface area contributed by atoms with Crippen molar-refractivity contribution in [1.29, 1.82) is 0 Å². The van der Waals surface area contributed by atoms with Crippen molar-refractivity contribution < 1.29 is 22.4 Å². The van der Waals surface area contributed by atoms with Crippen molar-refractivity contribution in [3.05, 3.63) is 18.5 Å². The molecule has 3 aromatic rings. The minimum Gasteiger partial charge on any atom is -0.348 e. The van der Waals surface area contributed by atoms with Gasteiger partial charge in [-0.25, -0.2) is 9.18 Å². The molecule has 3 fully saturated rings. The molecule has 0 bridgehead atoms. The Labute approximate surface area is 211 Å². The van der Waals surface area contributed by atoms with Gasteiger partial charge in [-0.2, -0.15) is 23.4 Å². The number of urea groups is 1. The van der Waals surface area contributed by atoms with E-state index in [0.29, 0.717) is 29.0 Å². The Morgan fingerprint density at radius 2 is 1.95 bits per heavy atom. The number of nitrogens with zero attached hydrogens (tertiary/aromatic N) is 6. The number of anilines is 2. The molecule has 3 aliphatic rings. The zero-order valence-electron chi connectivity index (χ0n) is 19.7. The zero-order chi connectivity index (χ0) is 25.3. The van der Waals surface area contributed by atoms with Crippen molar-refractivity contribution in [2.75, 3.05) is 29.9 Å². The number of piperidine rings is 1. The maximum absolute atomic E-state index is 14.1. The SMILES string of the molecule is C.CC1(F)CN(c2nn(CC(F)(F)F)c3cc(-c4[nH]ncc4NC(=O)N4CCCCC45CC5)ncc23)C1. The fourth-order valence-electron chi connectivity index (χ4n) is 5.45. The Morgan fingerprint density at radius 1 is 1.19 bits per heavy atom. The highest BCUT2D eigenvalue weighted by Crippen LogP contribution is 2.48. The zero-order valence-corrected chi connectivity index (χ0v) is 19.7. The van der Waals surface area contributed by atoms with Crippen LogP contribution >= 0.6 is 0 Å². The first-order valence-corrected chi connectivity index (χ1v) is 12.0. The molecular weight excluding hydrogens is 492 g/mol. The molecule has 6 rings (SSSR count). The van der Waals surface area contributed by atoms with Crippen LogP contribution in [0.15, 0.2) is 18.5 Å². The molecule has 1 spiro atoms. The number of nitrogens with one attached hydrogen (secondary N) is 2. The average molecular weight is 523 g/mol. The summed E-state index contributed by atoms with van der Waals surface area (Å²) in [6, 6.07) is 1.27. The second kappa shape index (κ2) is 8.59. The van der Waals surface area contributed by atoms with Crippen molar-refractivity contribution in [3.8, 4) is 11.4 Å². The number of aromatic nitrogens is 5. The summed E-state index contributed by atoms with van der Waals surface area (Å²) in [6.45, 7) is 0.926. The molecule has 0 unspecified atom stereocenters. The van der Waals surface area contributed by atoms with Crippen LogP contribution in [0.4, 0.5) is 33.9 Å². The summed E-state index contributed by atoms with van der Waals surface area (Å²) in [5.41, 5.74) is -0.163. The summed E-state index contributed by atoms with van der Waals surface area (Å²) in [6.07, 6.45) is 3.47. The van der Waals surface area contributed by atoms with Gasteiger partial charge in [0.15, 0.2) is 5.82 Å². The summed E-state index contributed by atoms with van der Waals surface area (Å²) in [7, 11) is 0. The molecular formula is C24H30F4N8O. The van der Waals surface area contributed by atoms with E-state index in [4.69, 9.17) is 0 Å². The number of rotatable bonds is 4. The van der Waals surface area contributed by atoms with E-state index in [0.717, 1.165) is 36.8 Å². The molecule has 1 aliphatic carbocycles. The van der Waals surface area contributed by atoms with Gasteiger partial charge in [0.25, 0.3) is 0 Å². The predicted molar refractivity (Wildman–Crippen MR) is 131 cm³/mol. The van der Waals surface area contributed by atoms with E-state index < -0.39 is 18.4 Å². The van der Waals surface area contributed by atoms with Crippen LogP contribution in [-0.2, 0) is 6.54 Å². The third kappa shape index (κ3) is 4.59. The molecule has 37 heavy (non-hydrogen) atoms. The van der Waals surface area contributed by atoms with Gasteiger partial charge in [-0.1, -0.05) is 7.43 Å². The smallest absolute Gasteiger partial charge is 0.348 e. The van der Waals surface area contributed by atoms with Crippen LogP contribution in [0.1, 0.15) is 46.5 Å². The minimum atomic E-state index is -4.50. The van der Waals surface area contributed by atoms with E-state index in [1.165, 1.54) is 25.4 Å². The highest BCUT2D eigenvalue weighted by molar-refractivity contribution is 5.96. The molecule has 0 atom stereocenters. The van der Waals surface area contributed by atoms with E-state index in [-0.39, 0.29) is 43.4 Å². The maximum atomic E-state index is 14.1. The Bertz CT molecular complexity index is 1320. The predicted octanol–water partition coefficient (Wildman–Crippen LogP) is 5.12. The molecule has 2 amide bonds. The molecule has 13 heteroatoms. The lowest BCUT2D eigenvalue weighted by Gasteiger charge is -2.42. The van der Waals surface area contributed by atoms with Crippen LogP contribution in [-0.4, -0.2) is 72.9 Å². The lowest BCUT2D eigenvalue weighted by Crippen LogP contribution is -2.57. The summed E-state index contributed by atoms with van der Waals surface area (Å²) in [5, 5.41) is 14.3. The second-order valence-electron chi connectivity index (χ2n) is 10.4. The van der Waals surface area contributed by atoms with Gasteiger partial charge in [0.2, 0.25) is 0 Å². The number of hydrogen-bond donors (Lipinski definition) is 2. The molecule has 0 radical (unpaired) electrons. The fraction of sp³-hybridized carbons (Fsp3) is 0.583. The third-order valence-corrected chi connectivity index (χ3v) is 7.34. The van der Waals surface area contributed by atoms with Gasteiger partial charge in [0.1, 0.15) is 17.9 Å². The van der Waals surface area contributed by atoms with Crippen LogP contribution in [0.25, 0.3) is 22.3 Å². The van der Waals surface area contributed by atoms with Crippen molar-refractivity contribution in [2.24, 2.45) is 0 Å². The summed E-state index contributed by atoms with van der Waals surface area (Å²) in [5.74, 6) is 0.265. The molecule has 2 saturated heterocycles. The number of hydrogen-bond acceptors (Lipinski definition) is 5. The van der Waals surface area contributed by atoms with Crippen molar-refractivity contribution in [3.63, 3.8) is 0 Å². The van der Waals surface area contributed by atoms with Gasteiger partial charge >= 0.3 is 12.2 Å². The number of carbonyl (C=O) groups is 1. The Morgan fingerprint density at radius 3 is 2.62 bits per heavy atom. The molecule has 3 aromatic heterocycles. The minimum absolute atomic E-state index is 0. The Balaban J connectivity index is 0.00000280. The number of amides is 2. The lowest BCUT2D eigenvalue weighted by molar-refractivity contribution is -0.141. The Hall–Kier alpha value is -3.38. The number of halogens is 4. The lowest BCUT2D eigenvalue weighted by atomic mass is 9.99. The van der Waals surface area contributed by atoms with E-state index in [2.05, 4.69) is 25.6 Å². The normalized spacial score (nSPS) is 20.0. The van der Waals surface area contributed by atoms with Crippen molar-refractivity contribution in [2.45, 2.75) is 70.4 Å². The first kappa shape index (κ1) is 25.3. The number of aromatic amines is 1. The molecule has 0 aromatic carbocycles. The van der Waals surface area contributed by atoms with Crippen LogP contribution in [0, 0.1) is 0 Å². The highest BCUT2D eigenvalue weighted by atomic mass is 19.4. The molecule has 2 aliphatic heterocycles. The van der Waals surface area contributed by atoms with E-state index in [1.54, 1.807) is 4.90 Å². The molecule has 5 heterocycles. The largest absolute Gasteiger partial charge is 0.408 e. The van der Waals surface area contributed by atoms with Crippen LogP contribution < -0.4 is 10.2 Å². The van der Waals surface area contributed by atoms with Gasteiger partial charge in [0.05, 0.1) is 41.6 Å². The van der Waals surface area contributed by atoms with Gasteiger partial charge in [-0.05, 0) is 45.1 Å². The summed E-state index contributed by atoms with van der Waals surface area (Å²) >= 11 is 0. The molecule has 9 nitrogen and oxygen atoms in total. The quantitative estimate of drug-likeness (QED) is 0.464. The summed E-state index contributed by atoms with van der Waals surface area (Å²) < 4.78 is 54.9. The van der Waals surface area contributed by atoms with Crippen LogP contribution in [0.2, 0.25) is 0 Å². The van der Waals surface area contributed by atoms with Crippen molar-refractivity contribution >= 4 is 28.4 Å². The molecule has 2 N–H and O–H groups in total. The van der Waals surface area contributed by atoms with Crippen LogP contribution in [0.3, 0.4) is 0 Å². The second-order valence-corrected chi connectivity index (χ2v) is 10.4. The Kier molecular flexibility index (Phi) is 5.87. The van der Waals surface area contributed by atoms with Crippen LogP contribution in [0.5, 0.6) is 0 Å². The standard InChI is InChI=1S/C23H26F4N8O.CH4/c1-21(24)11-33(12-21)19-14-9-28-15(8-17(14)35(32-19)13-23(25,26)27)18-16(10-29-31-18)30-20(36)34-7-3-2-4-22(34)5-6-22;/h8-10H,2-7,11-13H2,1H3,(H,29,31)(H,30,36);1H4. The van der Waals surface area contributed by atoms with Gasteiger partial charge in [0, 0.05) is 18.3 Å². The number of fused-ring (bicyclic) bond motifs is 1. The van der Waals surface area contributed by atoms with E-state index in [1.807, 2.05) is 4.90 Å². The van der Waals surface area contributed by atoms with E-state index >= 15 is 0 Å². The molecule has 1 saturated carbocycles.